The molecule has 14 heavy (non-hydrogen) atoms. The Hall–Kier alpha value is -1.56. The lowest BCUT2D eigenvalue weighted by atomic mass is 10.0. The van der Waals surface area contributed by atoms with Gasteiger partial charge in [0, 0.05) is 18.4 Å². The van der Waals surface area contributed by atoms with Crippen molar-refractivity contribution in [3.8, 4) is 6.07 Å². The molecule has 0 saturated heterocycles. The molecule has 0 atom stereocenters. The van der Waals surface area contributed by atoms with E-state index in [4.69, 9.17) is 5.26 Å². The molecule has 0 N–H and O–H groups in total. The van der Waals surface area contributed by atoms with Crippen molar-refractivity contribution < 1.29 is 4.79 Å². The molecule has 3 heteroatoms. The molecule has 1 aliphatic rings. The average molecular weight is 188 g/mol. The minimum atomic E-state index is -0.0107. The molecule has 0 fully saturated rings. The fraction of sp³-hybridized carbons (Fsp3) is 0.455. The number of carbonyl (C=O) groups excluding carboxylic acids is 1. The van der Waals surface area contributed by atoms with Crippen LogP contribution in [0.25, 0.3) is 0 Å². The highest BCUT2D eigenvalue weighted by molar-refractivity contribution is 5.96. The molecule has 0 saturated carbocycles. The highest BCUT2D eigenvalue weighted by Crippen LogP contribution is 2.23. The van der Waals surface area contributed by atoms with E-state index in [0.717, 1.165) is 31.5 Å². The van der Waals surface area contributed by atoms with Gasteiger partial charge in [-0.2, -0.15) is 5.26 Å². The van der Waals surface area contributed by atoms with Crippen LogP contribution in [0.3, 0.4) is 0 Å². The quantitative estimate of drug-likeness (QED) is 0.632. The average Bonchev–Trinajstić information content (AvgIpc) is 2.56. The van der Waals surface area contributed by atoms with Gasteiger partial charge in [-0.25, -0.2) is 0 Å². The second kappa shape index (κ2) is 3.30. The summed E-state index contributed by atoms with van der Waals surface area (Å²) in [5, 5.41) is 9.00. The Balaban J connectivity index is 2.59. The molecule has 1 aromatic rings. The fourth-order valence-electron chi connectivity index (χ4n) is 2.03. The zero-order chi connectivity index (χ0) is 10.1. The summed E-state index contributed by atoms with van der Waals surface area (Å²) in [4.78, 5) is 11.3. The minimum Gasteiger partial charge on any atom is -0.349 e. The number of aromatic nitrogens is 1. The molecule has 3 nitrogen and oxygen atoms in total. The van der Waals surface area contributed by atoms with Crippen molar-refractivity contribution in [2.45, 2.75) is 32.7 Å². The third-order valence-electron chi connectivity index (χ3n) is 2.74. The van der Waals surface area contributed by atoms with Crippen LogP contribution < -0.4 is 0 Å². The van der Waals surface area contributed by atoms with Crippen molar-refractivity contribution in [3.05, 3.63) is 23.0 Å². The van der Waals surface area contributed by atoms with Crippen molar-refractivity contribution >= 4 is 5.78 Å². The van der Waals surface area contributed by atoms with Gasteiger partial charge in [0.2, 0.25) is 0 Å². The Morgan fingerprint density at radius 2 is 2.36 bits per heavy atom. The van der Waals surface area contributed by atoms with Crippen LogP contribution in [0.5, 0.6) is 0 Å². The van der Waals surface area contributed by atoms with Gasteiger partial charge in [0.25, 0.3) is 0 Å². The van der Waals surface area contributed by atoms with Crippen LogP contribution in [0.1, 0.15) is 41.4 Å². The van der Waals surface area contributed by atoms with E-state index in [-0.39, 0.29) is 5.78 Å². The van der Waals surface area contributed by atoms with E-state index in [1.165, 1.54) is 6.92 Å². The molecule has 0 unspecified atom stereocenters. The number of aryl methyl sites for hydroxylation is 1. The molecule has 0 radical (unpaired) electrons. The Morgan fingerprint density at radius 3 is 3.00 bits per heavy atom. The van der Waals surface area contributed by atoms with Gasteiger partial charge in [-0.05, 0) is 26.2 Å². The highest BCUT2D eigenvalue weighted by Gasteiger charge is 2.20. The topological polar surface area (TPSA) is 45.8 Å². The summed E-state index contributed by atoms with van der Waals surface area (Å²) in [5.74, 6) is -0.0107. The van der Waals surface area contributed by atoms with E-state index in [1.807, 2.05) is 6.20 Å². The van der Waals surface area contributed by atoms with E-state index in [9.17, 15) is 4.79 Å². The smallest absolute Gasteiger partial charge is 0.162 e. The number of fused-ring (bicyclic) bond motifs is 1. The van der Waals surface area contributed by atoms with E-state index < -0.39 is 0 Å². The fourth-order valence-corrected chi connectivity index (χ4v) is 2.03. The van der Waals surface area contributed by atoms with Gasteiger partial charge in [-0.1, -0.05) is 0 Å². The molecular formula is C11H12N2O. The Kier molecular flexibility index (Phi) is 2.12. The lowest BCUT2D eigenvalue weighted by molar-refractivity contribution is 0.101. The number of rotatable bonds is 1. The van der Waals surface area contributed by atoms with Crippen LogP contribution in [-0.2, 0) is 13.0 Å². The van der Waals surface area contributed by atoms with Crippen molar-refractivity contribution in [1.82, 2.24) is 4.57 Å². The van der Waals surface area contributed by atoms with E-state index >= 15 is 0 Å². The number of Topliss-reactive ketones (excluding diaryl/α,β-unsaturated/α-hetero) is 1. The van der Waals surface area contributed by atoms with E-state index in [2.05, 4.69) is 10.6 Å². The first kappa shape index (κ1) is 9.01. The van der Waals surface area contributed by atoms with E-state index in [1.54, 1.807) is 0 Å². The van der Waals surface area contributed by atoms with Gasteiger partial charge >= 0.3 is 0 Å². The molecule has 1 aromatic heterocycles. The first-order chi connectivity index (χ1) is 6.74. The van der Waals surface area contributed by atoms with Crippen LogP contribution in [-0.4, -0.2) is 10.4 Å². The van der Waals surface area contributed by atoms with Crippen molar-refractivity contribution in [1.29, 1.82) is 5.26 Å². The first-order valence-electron chi connectivity index (χ1n) is 4.87. The lowest BCUT2D eigenvalue weighted by Gasteiger charge is -2.14. The van der Waals surface area contributed by atoms with Gasteiger partial charge in [0.15, 0.2) is 5.78 Å². The Bertz CT molecular complexity index is 423. The maximum Gasteiger partial charge on any atom is 0.162 e. The second-order valence-corrected chi connectivity index (χ2v) is 3.68. The maximum atomic E-state index is 11.3. The summed E-state index contributed by atoms with van der Waals surface area (Å²) in [7, 11) is 0. The molecule has 2 heterocycles. The van der Waals surface area contributed by atoms with Crippen LogP contribution >= 0.6 is 0 Å². The Labute approximate surface area is 83.0 Å². The monoisotopic (exact) mass is 188 g/mol. The van der Waals surface area contributed by atoms with Crippen molar-refractivity contribution in [3.63, 3.8) is 0 Å². The van der Waals surface area contributed by atoms with Crippen molar-refractivity contribution in [2.75, 3.05) is 0 Å². The first-order valence-corrected chi connectivity index (χ1v) is 4.87. The molecule has 2 rings (SSSR count). The zero-order valence-corrected chi connectivity index (χ0v) is 8.21. The normalized spacial score (nSPS) is 14.6. The van der Waals surface area contributed by atoms with Gasteiger partial charge < -0.3 is 4.57 Å². The SMILES string of the molecule is CC(=O)c1cn2c(c1C#N)CCCC2. The number of nitriles is 1. The number of hydrogen-bond donors (Lipinski definition) is 0. The standard InChI is InChI=1S/C11H12N2O/c1-8(14)10-7-13-5-3-2-4-11(13)9(10)6-12/h7H,2-5H2,1H3. The number of ketones is 1. The summed E-state index contributed by atoms with van der Waals surface area (Å²) in [6.07, 6.45) is 5.02. The molecule has 0 spiro atoms. The van der Waals surface area contributed by atoms with Gasteiger partial charge in [-0.3, -0.25) is 4.79 Å². The lowest BCUT2D eigenvalue weighted by Crippen LogP contribution is -2.09. The largest absolute Gasteiger partial charge is 0.349 e. The molecule has 0 amide bonds. The van der Waals surface area contributed by atoms with E-state index in [0.29, 0.717) is 11.1 Å². The van der Waals surface area contributed by atoms with Crippen molar-refractivity contribution in [2.24, 2.45) is 0 Å². The summed E-state index contributed by atoms with van der Waals surface area (Å²) in [6, 6.07) is 2.14. The predicted octanol–water partition coefficient (Wildman–Crippen LogP) is 1.90. The Morgan fingerprint density at radius 1 is 1.57 bits per heavy atom. The summed E-state index contributed by atoms with van der Waals surface area (Å²) < 4.78 is 2.05. The summed E-state index contributed by atoms with van der Waals surface area (Å²) in [6.45, 7) is 2.46. The number of hydrogen-bond acceptors (Lipinski definition) is 2. The predicted molar refractivity (Wildman–Crippen MR) is 52.1 cm³/mol. The molecular weight excluding hydrogens is 176 g/mol. The zero-order valence-electron chi connectivity index (χ0n) is 8.21. The third kappa shape index (κ3) is 1.24. The van der Waals surface area contributed by atoms with Gasteiger partial charge in [0.05, 0.1) is 11.1 Å². The molecule has 1 aliphatic heterocycles. The van der Waals surface area contributed by atoms with Crippen LogP contribution in [0, 0.1) is 11.3 Å². The summed E-state index contributed by atoms with van der Waals surface area (Å²) >= 11 is 0. The van der Waals surface area contributed by atoms with Crippen LogP contribution in [0.4, 0.5) is 0 Å². The van der Waals surface area contributed by atoms with Crippen LogP contribution in [0.2, 0.25) is 0 Å². The van der Waals surface area contributed by atoms with Crippen LogP contribution in [0.15, 0.2) is 6.20 Å². The molecule has 72 valence electrons. The second-order valence-electron chi connectivity index (χ2n) is 3.68. The molecule has 0 aliphatic carbocycles. The highest BCUT2D eigenvalue weighted by atomic mass is 16.1. The minimum absolute atomic E-state index is 0.0107. The number of nitrogens with zero attached hydrogens (tertiary/aromatic N) is 2. The van der Waals surface area contributed by atoms with Gasteiger partial charge in [-0.15, -0.1) is 0 Å². The molecule has 0 aromatic carbocycles. The number of carbonyl (C=O) groups is 1. The maximum absolute atomic E-state index is 11.3. The van der Waals surface area contributed by atoms with Gasteiger partial charge in [0.1, 0.15) is 6.07 Å². The summed E-state index contributed by atoms with van der Waals surface area (Å²) in [5.41, 5.74) is 2.23. The molecule has 0 bridgehead atoms. The third-order valence-corrected chi connectivity index (χ3v) is 2.74.